The van der Waals surface area contributed by atoms with Crippen molar-refractivity contribution in [2.24, 2.45) is 5.84 Å². The van der Waals surface area contributed by atoms with Gasteiger partial charge in [-0.25, -0.2) is 5.84 Å². The molecular weight excluding hydrogens is 509 g/mol. The molecule has 0 fully saturated rings. The standard InChI is InChI=1S/C19H23N3O3S2.HI/c1-3-15(22(20)16-8-10-17(11-9-16)27(23,24)25)12-13-21-14(2)26-19-7-5-4-6-18(19)21;/h4-11,15H,3,12-13,20H2,1-2H3;1H. The van der Waals surface area contributed by atoms with E-state index in [-0.39, 0.29) is 34.9 Å². The Kier molecular flexibility index (Phi) is 7.80. The van der Waals surface area contributed by atoms with E-state index in [2.05, 4.69) is 36.6 Å². The molecule has 1 aromatic heterocycles. The van der Waals surface area contributed by atoms with Crippen LogP contribution in [0.5, 0.6) is 0 Å². The fourth-order valence-electron chi connectivity index (χ4n) is 3.25. The van der Waals surface area contributed by atoms with Crippen molar-refractivity contribution in [2.45, 2.75) is 44.2 Å². The Morgan fingerprint density at radius 2 is 1.82 bits per heavy atom. The average Bonchev–Trinajstić information content (AvgIpc) is 2.97. The molecule has 3 N–H and O–H groups in total. The summed E-state index contributed by atoms with van der Waals surface area (Å²) in [6.07, 6.45) is 1.72. The molecule has 0 saturated heterocycles. The first kappa shape index (κ1) is 23.0. The number of hydrogen-bond donors (Lipinski definition) is 2. The van der Waals surface area contributed by atoms with Gasteiger partial charge in [-0.05, 0) is 36.8 Å². The molecule has 0 aliphatic carbocycles. The van der Waals surface area contributed by atoms with Crippen LogP contribution in [0, 0.1) is 6.92 Å². The zero-order valence-corrected chi connectivity index (χ0v) is 19.5. The van der Waals surface area contributed by atoms with Gasteiger partial charge in [0.2, 0.25) is 10.5 Å². The second-order valence-electron chi connectivity index (χ2n) is 6.47. The minimum Gasteiger partial charge on any atom is -1.00 e. The van der Waals surface area contributed by atoms with Crippen LogP contribution in [0.2, 0.25) is 0 Å². The van der Waals surface area contributed by atoms with E-state index in [0.29, 0.717) is 5.69 Å². The first-order valence-corrected chi connectivity index (χ1v) is 11.1. The Morgan fingerprint density at radius 3 is 2.43 bits per heavy atom. The lowest BCUT2D eigenvalue weighted by molar-refractivity contribution is -0.673. The molecule has 0 amide bonds. The Hall–Kier alpha value is -1.27. The van der Waals surface area contributed by atoms with Crippen molar-refractivity contribution < 1.29 is 41.5 Å². The van der Waals surface area contributed by atoms with Crippen molar-refractivity contribution in [3.63, 3.8) is 0 Å². The molecule has 1 unspecified atom stereocenters. The van der Waals surface area contributed by atoms with E-state index in [9.17, 15) is 8.42 Å². The Morgan fingerprint density at radius 1 is 1.18 bits per heavy atom. The highest BCUT2D eigenvalue weighted by Crippen LogP contribution is 2.22. The number of halogens is 1. The van der Waals surface area contributed by atoms with Crippen LogP contribution in [0.4, 0.5) is 5.69 Å². The third-order valence-corrected chi connectivity index (χ3v) is 6.73. The summed E-state index contributed by atoms with van der Waals surface area (Å²) in [5.41, 5.74) is 1.95. The molecule has 3 rings (SSSR count). The number of hydrazine groups is 1. The summed E-state index contributed by atoms with van der Waals surface area (Å²) in [5.74, 6) is 6.31. The zero-order chi connectivity index (χ0) is 19.6. The summed E-state index contributed by atoms with van der Waals surface area (Å²) in [6.45, 7) is 5.06. The first-order chi connectivity index (χ1) is 12.8. The third-order valence-electron chi connectivity index (χ3n) is 4.78. The predicted octanol–water partition coefficient (Wildman–Crippen LogP) is 0.297. The highest BCUT2D eigenvalue weighted by atomic mass is 127. The van der Waals surface area contributed by atoms with Crippen LogP contribution in [0.3, 0.4) is 0 Å². The number of thiazole rings is 1. The molecule has 6 nitrogen and oxygen atoms in total. The summed E-state index contributed by atoms with van der Waals surface area (Å²) < 4.78 is 35.1. The van der Waals surface area contributed by atoms with Crippen molar-refractivity contribution in [1.29, 1.82) is 0 Å². The minimum atomic E-state index is -4.20. The van der Waals surface area contributed by atoms with Crippen molar-refractivity contribution in [3.05, 3.63) is 53.5 Å². The van der Waals surface area contributed by atoms with E-state index >= 15 is 0 Å². The van der Waals surface area contributed by atoms with Crippen molar-refractivity contribution in [2.75, 3.05) is 5.01 Å². The monoisotopic (exact) mass is 533 g/mol. The van der Waals surface area contributed by atoms with Crippen LogP contribution in [0.1, 0.15) is 24.8 Å². The molecule has 0 aliphatic rings. The van der Waals surface area contributed by atoms with E-state index < -0.39 is 10.1 Å². The molecule has 1 heterocycles. The molecule has 152 valence electrons. The van der Waals surface area contributed by atoms with Gasteiger partial charge >= 0.3 is 0 Å². The van der Waals surface area contributed by atoms with Crippen molar-refractivity contribution in [1.82, 2.24) is 0 Å². The van der Waals surface area contributed by atoms with Crippen molar-refractivity contribution in [3.8, 4) is 0 Å². The quantitative estimate of drug-likeness (QED) is 0.150. The van der Waals surface area contributed by atoms with Gasteiger partial charge in [0.15, 0.2) is 6.54 Å². The van der Waals surface area contributed by atoms with Gasteiger partial charge in [-0.2, -0.15) is 13.0 Å². The van der Waals surface area contributed by atoms with Crippen LogP contribution in [-0.4, -0.2) is 19.0 Å². The van der Waals surface area contributed by atoms with Gasteiger partial charge in [0.25, 0.3) is 10.1 Å². The lowest BCUT2D eigenvalue weighted by atomic mass is 10.1. The Bertz CT molecular complexity index is 1040. The molecule has 0 bridgehead atoms. The smallest absolute Gasteiger partial charge is 0.294 e. The lowest BCUT2D eigenvalue weighted by Gasteiger charge is -2.27. The number of nitrogens with zero attached hydrogens (tertiary/aromatic N) is 2. The third kappa shape index (κ3) is 5.01. The number of aryl methyl sites for hydroxylation is 2. The number of anilines is 1. The molecule has 28 heavy (non-hydrogen) atoms. The maximum Gasteiger partial charge on any atom is 0.294 e. The SMILES string of the molecule is CCC(CC[n+]1c(C)sc2ccccc21)N(N)c1ccc(S(=O)(=O)O)cc1.[I-]. The summed E-state index contributed by atoms with van der Waals surface area (Å²) in [4.78, 5) is -0.136. The molecule has 3 aromatic rings. The van der Waals surface area contributed by atoms with Gasteiger partial charge in [-0.3, -0.25) is 4.55 Å². The van der Waals surface area contributed by atoms with Gasteiger partial charge in [-0.15, -0.1) is 0 Å². The van der Waals surface area contributed by atoms with Crippen LogP contribution in [0.25, 0.3) is 10.2 Å². The maximum atomic E-state index is 11.2. The number of fused-ring (bicyclic) bond motifs is 1. The van der Waals surface area contributed by atoms with Gasteiger partial charge in [0, 0.05) is 19.4 Å². The summed E-state index contributed by atoms with van der Waals surface area (Å²) in [5, 5.41) is 2.94. The molecule has 9 heteroatoms. The highest BCUT2D eigenvalue weighted by molar-refractivity contribution is 7.85. The topological polar surface area (TPSA) is 87.5 Å². The Labute approximate surface area is 186 Å². The molecule has 0 saturated carbocycles. The van der Waals surface area contributed by atoms with Crippen LogP contribution in [0.15, 0.2) is 53.4 Å². The van der Waals surface area contributed by atoms with Gasteiger partial charge in [0.05, 0.1) is 16.6 Å². The normalized spacial score (nSPS) is 12.6. The first-order valence-electron chi connectivity index (χ1n) is 8.80. The molecule has 1 atom stereocenters. The fourth-order valence-corrected chi connectivity index (χ4v) is 4.77. The van der Waals surface area contributed by atoms with Crippen LogP contribution >= 0.6 is 11.3 Å². The number of hydrogen-bond acceptors (Lipinski definition) is 5. The lowest BCUT2D eigenvalue weighted by Crippen LogP contribution is -3.00. The number of nitrogens with two attached hydrogens (primary N) is 1. The summed E-state index contributed by atoms with van der Waals surface area (Å²) >= 11 is 1.78. The summed E-state index contributed by atoms with van der Waals surface area (Å²) in [7, 11) is -4.20. The maximum absolute atomic E-state index is 11.2. The van der Waals surface area contributed by atoms with Crippen molar-refractivity contribution >= 4 is 37.4 Å². The van der Waals surface area contributed by atoms with E-state index in [1.165, 1.54) is 27.4 Å². The summed E-state index contributed by atoms with van der Waals surface area (Å²) in [6, 6.07) is 14.4. The average molecular weight is 533 g/mol. The van der Waals surface area contributed by atoms with E-state index in [1.807, 2.05) is 6.07 Å². The number of rotatable bonds is 7. The molecular formula is C19H24IN3O3S2. The molecule has 0 radical (unpaired) electrons. The minimum absolute atomic E-state index is 0. The van der Waals surface area contributed by atoms with Crippen LogP contribution in [-0.2, 0) is 16.7 Å². The Balaban J connectivity index is 0.00000280. The second kappa shape index (κ2) is 9.49. The number of para-hydroxylation sites is 1. The van der Waals surface area contributed by atoms with E-state index in [1.54, 1.807) is 28.5 Å². The largest absolute Gasteiger partial charge is 1.00 e. The highest BCUT2D eigenvalue weighted by Gasteiger charge is 2.21. The van der Waals surface area contributed by atoms with Gasteiger partial charge < -0.3 is 29.0 Å². The number of aromatic nitrogens is 1. The second-order valence-corrected chi connectivity index (χ2v) is 9.12. The molecule has 2 aromatic carbocycles. The van der Waals surface area contributed by atoms with E-state index in [4.69, 9.17) is 10.4 Å². The number of benzene rings is 2. The van der Waals surface area contributed by atoms with Crippen LogP contribution < -0.4 is 39.4 Å². The van der Waals surface area contributed by atoms with Gasteiger partial charge in [-0.1, -0.05) is 30.4 Å². The predicted molar refractivity (Wildman–Crippen MR) is 108 cm³/mol. The van der Waals surface area contributed by atoms with Gasteiger partial charge in [0.1, 0.15) is 4.70 Å². The van der Waals surface area contributed by atoms with E-state index in [0.717, 1.165) is 19.4 Å². The molecule has 0 aliphatic heterocycles. The fraction of sp³-hybridized carbons (Fsp3) is 0.316. The zero-order valence-electron chi connectivity index (χ0n) is 15.7. The molecule has 0 spiro atoms.